The van der Waals surface area contributed by atoms with Crippen molar-refractivity contribution >= 4 is 29.4 Å². The average Bonchev–Trinajstić information content (AvgIpc) is 3.39. The number of amides is 2. The Morgan fingerprint density at radius 2 is 1.84 bits per heavy atom. The molecule has 10 heteroatoms. The van der Waals surface area contributed by atoms with Crippen LogP contribution >= 0.6 is 11.6 Å². The van der Waals surface area contributed by atoms with Crippen molar-refractivity contribution in [1.29, 1.82) is 0 Å². The number of aliphatic carboxylic acids is 1. The second kappa shape index (κ2) is 8.85. The van der Waals surface area contributed by atoms with Crippen LogP contribution in [0.4, 0.5) is 4.39 Å². The summed E-state index contributed by atoms with van der Waals surface area (Å²) in [5, 5.41) is 12.2. The van der Waals surface area contributed by atoms with E-state index in [2.05, 4.69) is 5.32 Å². The second-order valence-electron chi connectivity index (χ2n) is 7.57. The first-order valence-corrected chi connectivity index (χ1v) is 10.3. The molecule has 2 N–H and O–H groups in total. The summed E-state index contributed by atoms with van der Waals surface area (Å²) >= 11 is 6.07. The molecule has 2 aromatic carbocycles. The minimum absolute atomic E-state index is 0.00814. The molecule has 0 saturated carbocycles. The number of likely N-dealkylation sites (tertiary alicyclic amines) is 1. The second-order valence-corrected chi connectivity index (χ2v) is 7.98. The fourth-order valence-electron chi connectivity index (χ4n) is 3.91. The van der Waals surface area contributed by atoms with Crippen LogP contribution in [0.5, 0.6) is 0 Å². The van der Waals surface area contributed by atoms with Crippen molar-refractivity contribution in [1.82, 2.24) is 10.2 Å². The standard InChI is InChI=1S/C22H20ClFN2O6/c23-17-9-15(24)5-6-16(17)13-1-3-14(4-2-13)20(28)25-11-19(27)26-12-22(31-7-8-32-22)10-18(26)21(29)30/h1-6,9,18H,7-8,10-12H2,(H,25,28)(H,29,30). The maximum atomic E-state index is 13.2. The highest BCUT2D eigenvalue weighted by atomic mass is 35.5. The molecule has 1 unspecified atom stereocenters. The van der Waals surface area contributed by atoms with E-state index in [0.29, 0.717) is 29.9 Å². The van der Waals surface area contributed by atoms with E-state index in [9.17, 15) is 23.9 Å². The van der Waals surface area contributed by atoms with Gasteiger partial charge in [0.25, 0.3) is 5.91 Å². The largest absolute Gasteiger partial charge is 0.480 e. The zero-order chi connectivity index (χ0) is 22.9. The quantitative estimate of drug-likeness (QED) is 0.706. The summed E-state index contributed by atoms with van der Waals surface area (Å²) in [6.45, 7) is 0.296. The van der Waals surface area contributed by atoms with Gasteiger partial charge in [-0.2, -0.15) is 0 Å². The smallest absolute Gasteiger partial charge is 0.326 e. The number of carbonyl (C=O) groups is 3. The Bertz CT molecular complexity index is 1050. The third-order valence-corrected chi connectivity index (χ3v) is 5.81. The molecule has 1 atom stereocenters. The zero-order valence-electron chi connectivity index (χ0n) is 16.8. The Morgan fingerprint density at radius 1 is 1.16 bits per heavy atom. The van der Waals surface area contributed by atoms with E-state index in [-0.39, 0.29) is 24.5 Å². The first kappa shape index (κ1) is 22.2. The van der Waals surface area contributed by atoms with Crippen LogP contribution in [0.3, 0.4) is 0 Å². The molecule has 0 bridgehead atoms. The van der Waals surface area contributed by atoms with Gasteiger partial charge in [-0.3, -0.25) is 9.59 Å². The fourth-order valence-corrected chi connectivity index (χ4v) is 4.19. The number of carbonyl (C=O) groups excluding carboxylic acids is 2. The molecule has 8 nitrogen and oxygen atoms in total. The highest BCUT2D eigenvalue weighted by Gasteiger charge is 2.52. The number of carboxylic acid groups (broad SMARTS) is 1. The predicted octanol–water partition coefficient (Wildman–Crippen LogP) is 2.30. The maximum absolute atomic E-state index is 13.2. The Kier molecular flexibility index (Phi) is 6.14. The lowest BCUT2D eigenvalue weighted by molar-refractivity contribution is -0.152. The van der Waals surface area contributed by atoms with E-state index in [1.807, 2.05) is 0 Å². The van der Waals surface area contributed by atoms with Crippen LogP contribution in [-0.2, 0) is 19.1 Å². The molecule has 2 aromatic rings. The lowest BCUT2D eigenvalue weighted by atomic mass is 10.0. The number of nitrogens with zero attached hydrogens (tertiary/aromatic N) is 1. The van der Waals surface area contributed by atoms with Gasteiger partial charge in [0.05, 0.1) is 31.3 Å². The molecule has 0 aliphatic carbocycles. The van der Waals surface area contributed by atoms with Gasteiger partial charge in [-0.25, -0.2) is 9.18 Å². The summed E-state index contributed by atoms with van der Waals surface area (Å²) < 4.78 is 24.3. The first-order chi connectivity index (χ1) is 15.3. The molecular formula is C22H20ClFN2O6. The van der Waals surface area contributed by atoms with Crippen molar-refractivity contribution in [3.63, 3.8) is 0 Å². The van der Waals surface area contributed by atoms with Crippen molar-refractivity contribution in [3.05, 3.63) is 58.9 Å². The minimum Gasteiger partial charge on any atom is -0.480 e. The molecule has 168 valence electrons. The Hall–Kier alpha value is -3.01. The van der Waals surface area contributed by atoms with Gasteiger partial charge < -0.3 is 24.8 Å². The van der Waals surface area contributed by atoms with Crippen LogP contribution in [0.2, 0.25) is 5.02 Å². The number of hydrogen-bond donors (Lipinski definition) is 2. The minimum atomic E-state index is -1.16. The van der Waals surface area contributed by atoms with Crippen LogP contribution in [0.15, 0.2) is 42.5 Å². The monoisotopic (exact) mass is 462 g/mol. The average molecular weight is 463 g/mol. The van der Waals surface area contributed by atoms with Gasteiger partial charge in [-0.15, -0.1) is 0 Å². The number of ether oxygens (including phenoxy) is 2. The summed E-state index contributed by atoms with van der Waals surface area (Å²) in [7, 11) is 0. The number of carboxylic acids is 1. The lowest BCUT2D eigenvalue weighted by Crippen LogP contribution is -2.46. The van der Waals surface area contributed by atoms with Gasteiger partial charge in [0.1, 0.15) is 11.9 Å². The van der Waals surface area contributed by atoms with Crippen molar-refractivity contribution in [3.8, 4) is 11.1 Å². The van der Waals surface area contributed by atoms with Gasteiger partial charge in [0.2, 0.25) is 5.91 Å². The van der Waals surface area contributed by atoms with E-state index in [0.717, 1.165) is 4.90 Å². The summed E-state index contributed by atoms with van der Waals surface area (Å²) in [6, 6.07) is 9.40. The predicted molar refractivity (Wildman–Crippen MR) is 112 cm³/mol. The third-order valence-electron chi connectivity index (χ3n) is 5.50. The Balaban J connectivity index is 1.39. The van der Waals surface area contributed by atoms with Crippen LogP contribution in [0.25, 0.3) is 11.1 Å². The SMILES string of the molecule is O=C(NCC(=O)N1CC2(CC1C(=O)O)OCCO2)c1ccc(-c2ccc(F)cc2Cl)cc1. The van der Waals surface area contributed by atoms with Crippen molar-refractivity contribution in [2.45, 2.75) is 18.2 Å². The number of rotatable bonds is 5. The van der Waals surface area contributed by atoms with Crippen molar-refractivity contribution in [2.24, 2.45) is 0 Å². The molecule has 2 aliphatic rings. The molecule has 1 spiro atoms. The number of nitrogens with one attached hydrogen (secondary N) is 1. The first-order valence-electron chi connectivity index (χ1n) is 9.92. The number of hydrogen-bond acceptors (Lipinski definition) is 5. The number of halogens is 2. The summed E-state index contributed by atoms with van der Waals surface area (Å²) in [5.41, 5.74) is 1.62. The molecule has 0 aromatic heterocycles. The van der Waals surface area contributed by atoms with E-state index in [4.69, 9.17) is 21.1 Å². The molecule has 4 rings (SSSR count). The van der Waals surface area contributed by atoms with Crippen LogP contribution in [-0.4, -0.2) is 65.9 Å². The highest BCUT2D eigenvalue weighted by Crippen LogP contribution is 2.35. The zero-order valence-corrected chi connectivity index (χ0v) is 17.6. The molecule has 0 radical (unpaired) electrons. The van der Waals surface area contributed by atoms with Gasteiger partial charge in [0, 0.05) is 17.5 Å². The number of benzene rings is 2. The van der Waals surface area contributed by atoms with E-state index >= 15 is 0 Å². The molecule has 2 fully saturated rings. The van der Waals surface area contributed by atoms with Gasteiger partial charge >= 0.3 is 5.97 Å². The third kappa shape index (κ3) is 4.45. The fraction of sp³-hybridized carbons (Fsp3) is 0.318. The Labute approximate surface area is 187 Å². The molecule has 32 heavy (non-hydrogen) atoms. The van der Waals surface area contributed by atoms with Gasteiger partial charge in [-0.05, 0) is 35.9 Å². The normalized spacial score (nSPS) is 19.3. The van der Waals surface area contributed by atoms with Crippen molar-refractivity contribution < 1.29 is 33.4 Å². The highest BCUT2D eigenvalue weighted by molar-refractivity contribution is 6.33. The van der Waals surface area contributed by atoms with E-state index < -0.39 is 35.4 Å². The summed E-state index contributed by atoms with van der Waals surface area (Å²) in [4.78, 5) is 37.8. The van der Waals surface area contributed by atoms with E-state index in [1.54, 1.807) is 30.3 Å². The Morgan fingerprint density at radius 3 is 2.47 bits per heavy atom. The van der Waals surface area contributed by atoms with Crippen LogP contribution < -0.4 is 5.32 Å². The summed E-state index contributed by atoms with van der Waals surface area (Å²) in [5.74, 6) is -3.74. The van der Waals surface area contributed by atoms with Gasteiger partial charge in [0.15, 0.2) is 5.79 Å². The summed E-state index contributed by atoms with van der Waals surface area (Å²) in [6.07, 6.45) is 0.0371. The van der Waals surface area contributed by atoms with Crippen LogP contribution in [0, 0.1) is 5.82 Å². The lowest BCUT2D eigenvalue weighted by Gasteiger charge is -2.23. The van der Waals surface area contributed by atoms with Crippen LogP contribution in [0.1, 0.15) is 16.8 Å². The maximum Gasteiger partial charge on any atom is 0.326 e. The topological polar surface area (TPSA) is 105 Å². The molecule has 2 aliphatic heterocycles. The van der Waals surface area contributed by atoms with E-state index in [1.165, 1.54) is 12.1 Å². The molecule has 2 amide bonds. The molecule has 2 saturated heterocycles. The molecule has 2 heterocycles. The van der Waals surface area contributed by atoms with Gasteiger partial charge in [-0.1, -0.05) is 23.7 Å². The van der Waals surface area contributed by atoms with Crippen molar-refractivity contribution in [2.75, 3.05) is 26.3 Å². The molecular weight excluding hydrogens is 443 g/mol.